The average molecular weight is 288 g/mol. The molecule has 0 unspecified atom stereocenters. The van der Waals surface area contributed by atoms with E-state index in [9.17, 15) is 22.0 Å². The van der Waals surface area contributed by atoms with Gasteiger partial charge in [-0.15, -0.1) is 0 Å². The van der Waals surface area contributed by atoms with Crippen LogP contribution in [0.15, 0.2) is 29.2 Å². The summed E-state index contributed by atoms with van der Waals surface area (Å²) < 4.78 is 51.0. The van der Waals surface area contributed by atoms with E-state index < -0.39 is 22.0 Å². The molecule has 0 saturated carbocycles. The number of alkyl halides is 2. The fraction of sp³-hybridized carbons (Fsp3) is 0.250. The van der Waals surface area contributed by atoms with Gasteiger partial charge < -0.3 is 4.74 Å². The third-order valence-corrected chi connectivity index (χ3v) is 3.10. The van der Waals surface area contributed by atoms with Gasteiger partial charge in [0.05, 0.1) is 4.90 Å². The summed E-state index contributed by atoms with van der Waals surface area (Å²) in [4.78, 5) is 10.6. The maximum absolute atomic E-state index is 11.8. The number of sulfone groups is 1. The quantitative estimate of drug-likeness (QED) is 0.619. The zero-order chi connectivity index (χ0) is 14.5. The summed E-state index contributed by atoms with van der Waals surface area (Å²) in [5.41, 5.74) is 0. The van der Waals surface area contributed by atoms with Gasteiger partial charge in [0.2, 0.25) is 0 Å². The predicted octanol–water partition coefficient (Wildman–Crippen LogP) is 1.31. The van der Waals surface area contributed by atoms with Gasteiger partial charge in [0.15, 0.2) is 9.84 Å². The number of ether oxygens (including phenoxy) is 1. The van der Waals surface area contributed by atoms with Crippen molar-refractivity contribution in [3.05, 3.63) is 24.3 Å². The molecule has 7 heteroatoms. The number of Topliss-reactive ketones (excluding diaryl/α,β-unsaturated/α-hetero) is 1. The van der Waals surface area contributed by atoms with Gasteiger partial charge in [0.1, 0.15) is 12.4 Å². The Kier molecular flexibility index (Phi) is 5.01. The molecule has 4 nitrogen and oxygen atoms in total. The van der Waals surface area contributed by atoms with Crippen LogP contribution in [0.25, 0.3) is 0 Å². The second-order valence-electron chi connectivity index (χ2n) is 3.50. The lowest BCUT2D eigenvalue weighted by Crippen LogP contribution is -2.06. The van der Waals surface area contributed by atoms with E-state index in [0.29, 0.717) is 5.75 Å². The lowest BCUT2D eigenvalue weighted by atomic mass is 10.3. The number of hydrogen-bond donors (Lipinski definition) is 0. The maximum Gasteiger partial charge on any atom is 0.308 e. The van der Waals surface area contributed by atoms with Crippen molar-refractivity contribution in [3.8, 4) is 17.6 Å². The number of carbonyl (C=O) groups is 1. The second-order valence-corrected chi connectivity index (χ2v) is 5.51. The van der Waals surface area contributed by atoms with Gasteiger partial charge in [-0.3, -0.25) is 4.79 Å². The molecular weight excluding hydrogens is 278 g/mol. The highest BCUT2D eigenvalue weighted by Crippen LogP contribution is 2.15. The smallest absolute Gasteiger partial charge is 0.308 e. The van der Waals surface area contributed by atoms with Gasteiger partial charge in [0, 0.05) is 6.26 Å². The largest absolute Gasteiger partial charge is 0.481 e. The molecule has 0 amide bonds. The number of rotatable bonds is 4. The molecule has 1 rings (SSSR count). The Bertz CT molecular complexity index is 609. The summed E-state index contributed by atoms with van der Waals surface area (Å²) in [5, 5.41) is 0. The van der Waals surface area contributed by atoms with Crippen molar-refractivity contribution in [1.29, 1.82) is 0 Å². The molecule has 102 valence electrons. The van der Waals surface area contributed by atoms with E-state index in [1.54, 1.807) is 5.92 Å². The molecule has 0 fully saturated rings. The molecule has 1 aromatic rings. The van der Waals surface area contributed by atoms with Crippen LogP contribution in [0, 0.1) is 11.8 Å². The van der Waals surface area contributed by atoms with E-state index >= 15 is 0 Å². The normalized spacial score (nSPS) is 10.7. The molecule has 0 N–H and O–H groups in total. The van der Waals surface area contributed by atoms with Crippen molar-refractivity contribution < 1.29 is 26.7 Å². The molecule has 0 aliphatic rings. The maximum atomic E-state index is 11.8. The number of carbonyl (C=O) groups excluding carboxylic acids is 1. The van der Waals surface area contributed by atoms with Crippen LogP contribution in [0.4, 0.5) is 8.78 Å². The molecule has 0 saturated heterocycles. The molecule has 1 aromatic carbocycles. The van der Waals surface area contributed by atoms with E-state index in [1.165, 1.54) is 24.3 Å². The molecule has 0 spiro atoms. The van der Waals surface area contributed by atoms with Crippen LogP contribution >= 0.6 is 0 Å². The second kappa shape index (κ2) is 6.29. The van der Waals surface area contributed by atoms with Crippen molar-refractivity contribution in [2.75, 3.05) is 12.9 Å². The summed E-state index contributed by atoms with van der Waals surface area (Å²) in [5.74, 6) is 2.73. The lowest BCUT2D eigenvalue weighted by Gasteiger charge is -2.02. The van der Waals surface area contributed by atoms with E-state index in [1.807, 2.05) is 0 Å². The first-order valence-corrected chi connectivity index (χ1v) is 6.93. The molecule has 0 aliphatic carbocycles. The first kappa shape index (κ1) is 15.1. The van der Waals surface area contributed by atoms with Crippen LogP contribution in [-0.4, -0.2) is 33.5 Å². The third kappa shape index (κ3) is 5.06. The Morgan fingerprint density at radius 3 is 2.37 bits per heavy atom. The Morgan fingerprint density at radius 2 is 1.89 bits per heavy atom. The summed E-state index contributed by atoms with van der Waals surface area (Å²) in [6, 6.07) is 5.52. The summed E-state index contributed by atoms with van der Waals surface area (Å²) in [6.45, 7) is -0.239. The van der Waals surface area contributed by atoms with Gasteiger partial charge >= 0.3 is 6.43 Å². The summed E-state index contributed by atoms with van der Waals surface area (Å²) in [7, 11) is -3.28. The molecule has 0 heterocycles. The van der Waals surface area contributed by atoms with E-state index in [4.69, 9.17) is 4.74 Å². The monoisotopic (exact) mass is 288 g/mol. The highest BCUT2D eigenvalue weighted by atomic mass is 32.2. The minimum Gasteiger partial charge on any atom is -0.481 e. The first-order chi connectivity index (χ1) is 8.80. The first-order valence-electron chi connectivity index (χ1n) is 5.04. The Morgan fingerprint density at radius 1 is 1.32 bits per heavy atom. The number of halogens is 2. The zero-order valence-electron chi connectivity index (χ0n) is 9.89. The van der Waals surface area contributed by atoms with Crippen LogP contribution in [0.2, 0.25) is 0 Å². The van der Waals surface area contributed by atoms with Crippen LogP contribution in [0.3, 0.4) is 0 Å². The fourth-order valence-corrected chi connectivity index (χ4v) is 1.71. The van der Waals surface area contributed by atoms with Gasteiger partial charge in [-0.25, -0.2) is 17.2 Å². The van der Waals surface area contributed by atoms with Crippen molar-refractivity contribution >= 4 is 15.6 Å². The molecule has 0 bridgehead atoms. The van der Waals surface area contributed by atoms with Crippen molar-refractivity contribution in [1.82, 2.24) is 0 Å². The predicted molar refractivity (Wildman–Crippen MR) is 63.8 cm³/mol. The lowest BCUT2D eigenvalue weighted by molar-refractivity contribution is -0.123. The fourth-order valence-electron chi connectivity index (χ4n) is 1.08. The topological polar surface area (TPSA) is 60.4 Å². The van der Waals surface area contributed by atoms with Crippen LogP contribution in [0.5, 0.6) is 5.75 Å². The number of benzene rings is 1. The van der Waals surface area contributed by atoms with Gasteiger partial charge in [-0.05, 0) is 30.2 Å². The average Bonchev–Trinajstić information content (AvgIpc) is 2.33. The molecular formula is C12H10F2O4S. The van der Waals surface area contributed by atoms with Crippen molar-refractivity contribution in [3.63, 3.8) is 0 Å². The zero-order valence-corrected chi connectivity index (χ0v) is 10.7. The Hall–Kier alpha value is -1.94. The highest BCUT2D eigenvalue weighted by Gasteiger charge is 2.11. The van der Waals surface area contributed by atoms with E-state index in [-0.39, 0.29) is 11.5 Å². The number of hydrogen-bond acceptors (Lipinski definition) is 4. The number of ketones is 1. The Labute approximate surface area is 109 Å². The van der Waals surface area contributed by atoms with Gasteiger partial charge in [-0.2, -0.15) is 0 Å². The SMILES string of the molecule is CS(=O)(=O)c1ccc(OCC#CC(=O)C(F)F)cc1. The van der Waals surface area contributed by atoms with Gasteiger partial charge in [0.25, 0.3) is 5.78 Å². The molecule has 0 aromatic heterocycles. The standard InChI is InChI=1S/C12H10F2O4S/c1-19(16,17)10-6-4-9(5-7-10)18-8-2-3-11(15)12(13)14/h4-7,12H,8H2,1H3. The minimum atomic E-state index is -3.28. The van der Waals surface area contributed by atoms with Crippen LogP contribution in [-0.2, 0) is 14.6 Å². The summed E-state index contributed by atoms with van der Waals surface area (Å²) >= 11 is 0. The van der Waals surface area contributed by atoms with E-state index in [0.717, 1.165) is 6.26 Å². The van der Waals surface area contributed by atoms with Crippen LogP contribution in [0.1, 0.15) is 0 Å². The minimum absolute atomic E-state index is 0.138. The Balaban J connectivity index is 2.58. The molecule has 19 heavy (non-hydrogen) atoms. The van der Waals surface area contributed by atoms with Crippen LogP contribution < -0.4 is 4.74 Å². The highest BCUT2D eigenvalue weighted by molar-refractivity contribution is 7.90. The van der Waals surface area contributed by atoms with Crippen molar-refractivity contribution in [2.45, 2.75) is 11.3 Å². The summed E-state index contributed by atoms with van der Waals surface area (Å²) in [6.07, 6.45) is -2.04. The molecule has 0 radical (unpaired) electrons. The van der Waals surface area contributed by atoms with Gasteiger partial charge in [-0.1, -0.05) is 5.92 Å². The van der Waals surface area contributed by atoms with Crippen molar-refractivity contribution in [2.24, 2.45) is 0 Å². The molecule has 0 atom stereocenters. The van der Waals surface area contributed by atoms with E-state index in [2.05, 4.69) is 5.92 Å². The molecule has 0 aliphatic heterocycles. The third-order valence-electron chi connectivity index (χ3n) is 1.97.